The minimum atomic E-state index is -4.62. The van der Waals surface area contributed by atoms with E-state index in [1.54, 1.807) is 6.92 Å². The van der Waals surface area contributed by atoms with Gasteiger partial charge in [0.05, 0.1) is 7.11 Å². The number of rotatable bonds is 3. The second-order valence-corrected chi connectivity index (χ2v) is 4.26. The van der Waals surface area contributed by atoms with Crippen LogP contribution in [0, 0.1) is 6.92 Å². The van der Waals surface area contributed by atoms with E-state index in [2.05, 4.69) is 9.68 Å². The maximum Gasteiger partial charge on any atom is 0.452 e. The summed E-state index contributed by atoms with van der Waals surface area (Å²) in [6.07, 6.45) is -4.62. The molecule has 0 fully saturated rings. The van der Waals surface area contributed by atoms with Crippen molar-refractivity contribution in [2.75, 3.05) is 7.11 Å². The van der Waals surface area contributed by atoms with E-state index < -0.39 is 17.8 Å². The van der Waals surface area contributed by atoms with Gasteiger partial charge in [-0.25, -0.2) is 0 Å². The summed E-state index contributed by atoms with van der Waals surface area (Å²) in [6.45, 7) is 1.58. The van der Waals surface area contributed by atoms with Gasteiger partial charge >= 0.3 is 6.18 Å². The number of carbonyl (C=O) groups excluding carboxylic acids is 1. The zero-order chi connectivity index (χ0) is 15.8. The fourth-order valence-corrected chi connectivity index (χ4v) is 1.96. The summed E-state index contributed by atoms with van der Waals surface area (Å²) in [5.41, 5.74) is 6.08. The monoisotopic (exact) mass is 300 g/mol. The molecule has 21 heavy (non-hydrogen) atoms. The zero-order valence-corrected chi connectivity index (χ0v) is 11.1. The molecule has 8 heteroatoms. The van der Waals surface area contributed by atoms with Gasteiger partial charge in [-0.3, -0.25) is 4.79 Å². The van der Waals surface area contributed by atoms with Gasteiger partial charge in [-0.2, -0.15) is 13.2 Å². The lowest BCUT2D eigenvalue weighted by atomic mass is 10.0. The molecule has 0 radical (unpaired) electrons. The molecule has 112 valence electrons. The molecule has 0 aliphatic heterocycles. The number of amides is 1. The van der Waals surface area contributed by atoms with Crippen LogP contribution in [-0.4, -0.2) is 18.2 Å². The minimum Gasteiger partial charge on any atom is -0.496 e. The summed E-state index contributed by atoms with van der Waals surface area (Å²) in [5, 5.41) is 3.39. The van der Waals surface area contributed by atoms with E-state index in [1.165, 1.54) is 19.2 Å². The first kappa shape index (κ1) is 14.9. The summed E-state index contributed by atoms with van der Waals surface area (Å²) in [6, 6.07) is 3.57. The predicted molar refractivity (Wildman–Crippen MR) is 66.7 cm³/mol. The first-order valence-electron chi connectivity index (χ1n) is 5.77. The third-order valence-corrected chi connectivity index (χ3v) is 2.94. The average molecular weight is 300 g/mol. The van der Waals surface area contributed by atoms with E-state index in [-0.39, 0.29) is 22.6 Å². The Kier molecular flexibility index (Phi) is 3.63. The van der Waals surface area contributed by atoms with Gasteiger partial charge in [0.25, 0.3) is 0 Å². The molecule has 0 aliphatic carbocycles. The largest absolute Gasteiger partial charge is 0.496 e. The first-order chi connectivity index (χ1) is 9.75. The normalized spacial score (nSPS) is 11.5. The van der Waals surface area contributed by atoms with Crippen LogP contribution in [0.1, 0.15) is 21.7 Å². The number of carbonyl (C=O) groups is 1. The zero-order valence-electron chi connectivity index (χ0n) is 11.1. The Morgan fingerprint density at radius 3 is 2.52 bits per heavy atom. The van der Waals surface area contributed by atoms with Crippen LogP contribution in [0.3, 0.4) is 0 Å². The molecule has 1 heterocycles. The van der Waals surface area contributed by atoms with E-state index in [4.69, 9.17) is 10.5 Å². The van der Waals surface area contributed by atoms with Crippen LogP contribution in [0.25, 0.3) is 11.3 Å². The highest BCUT2D eigenvalue weighted by molar-refractivity contribution is 5.96. The third kappa shape index (κ3) is 2.69. The molecule has 1 amide bonds. The number of nitrogens with zero attached hydrogens (tertiary/aromatic N) is 1. The Bertz CT molecular complexity index is 692. The Morgan fingerprint density at radius 1 is 1.38 bits per heavy atom. The number of benzene rings is 1. The number of halogens is 3. The standard InChI is InChI=1S/C13H11F3N2O3/c1-6-7(12(17)19)3-4-8(11(6)20-2)9-5-10(21-18-9)13(14,15)16/h3-5H,1-2H3,(H2,17,19). The maximum absolute atomic E-state index is 12.5. The van der Waals surface area contributed by atoms with Crippen LogP contribution in [0.5, 0.6) is 5.75 Å². The highest BCUT2D eigenvalue weighted by atomic mass is 19.4. The quantitative estimate of drug-likeness (QED) is 0.945. The van der Waals surface area contributed by atoms with Crippen LogP contribution < -0.4 is 10.5 Å². The van der Waals surface area contributed by atoms with Crippen molar-refractivity contribution in [2.45, 2.75) is 13.1 Å². The maximum atomic E-state index is 12.5. The number of alkyl halides is 3. The Morgan fingerprint density at radius 2 is 2.05 bits per heavy atom. The van der Waals surface area contributed by atoms with E-state index >= 15 is 0 Å². The van der Waals surface area contributed by atoms with Crippen molar-refractivity contribution in [1.82, 2.24) is 5.16 Å². The highest BCUT2D eigenvalue weighted by Gasteiger charge is 2.36. The van der Waals surface area contributed by atoms with Crippen molar-refractivity contribution in [1.29, 1.82) is 0 Å². The highest BCUT2D eigenvalue weighted by Crippen LogP contribution is 2.37. The lowest BCUT2D eigenvalue weighted by Gasteiger charge is -2.12. The molecule has 2 N–H and O–H groups in total. The predicted octanol–water partition coefficient (Wildman–Crippen LogP) is 2.78. The Labute approximate surface area is 117 Å². The van der Waals surface area contributed by atoms with Crippen LogP contribution in [-0.2, 0) is 6.18 Å². The van der Waals surface area contributed by atoms with Gasteiger partial charge in [0.2, 0.25) is 11.7 Å². The molecule has 1 aromatic heterocycles. The SMILES string of the molecule is COc1c(-c2cc(C(F)(F)F)on2)ccc(C(N)=O)c1C. The van der Waals surface area contributed by atoms with Crippen molar-refractivity contribution < 1.29 is 27.2 Å². The number of methoxy groups -OCH3 is 1. The van der Waals surface area contributed by atoms with Gasteiger partial charge in [-0.15, -0.1) is 0 Å². The van der Waals surface area contributed by atoms with E-state index in [9.17, 15) is 18.0 Å². The molecule has 0 unspecified atom stereocenters. The lowest BCUT2D eigenvalue weighted by Crippen LogP contribution is -2.13. The topological polar surface area (TPSA) is 78.3 Å². The molecule has 1 aromatic carbocycles. The van der Waals surface area contributed by atoms with Crippen molar-refractivity contribution >= 4 is 5.91 Å². The van der Waals surface area contributed by atoms with Gasteiger partial charge in [-0.05, 0) is 19.1 Å². The average Bonchev–Trinajstić information content (AvgIpc) is 2.87. The van der Waals surface area contributed by atoms with Gasteiger partial charge in [0, 0.05) is 22.8 Å². The number of ether oxygens (including phenoxy) is 1. The smallest absolute Gasteiger partial charge is 0.452 e. The Balaban J connectivity index is 2.57. The summed E-state index contributed by atoms with van der Waals surface area (Å²) in [7, 11) is 1.33. The fourth-order valence-electron chi connectivity index (χ4n) is 1.96. The van der Waals surface area contributed by atoms with Gasteiger partial charge < -0.3 is 15.0 Å². The minimum absolute atomic E-state index is 0.0432. The molecule has 0 bridgehead atoms. The van der Waals surface area contributed by atoms with Crippen LogP contribution in [0.15, 0.2) is 22.7 Å². The molecular weight excluding hydrogens is 289 g/mol. The van der Waals surface area contributed by atoms with E-state index in [1.807, 2.05) is 0 Å². The molecular formula is C13H11F3N2O3. The van der Waals surface area contributed by atoms with Crippen LogP contribution in [0.4, 0.5) is 13.2 Å². The van der Waals surface area contributed by atoms with Crippen LogP contribution in [0.2, 0.25) is 0 Å². The summed E-state index contributed by atoms with van der Waals surface area (Å²) >= 11 is 0. The molecule has 0 aliphatic rings. The molecule has 2 aromatic rings. The second-order valence-electron chi connectivity index (χ2n) is 4.26. The number of nitrogens with two attached hydrogens (primary N) is 1. The van der Waals surface area contributed by atoms with E-state index in [0.29, 0.717) is 5.56 Å². The van der Waals surface area contributed by atoms with Crippen LogP contribution >= 0.6 is 0 Å². The van der Waals surface area contributed by atoms with Gasteiger partial charge in [-0.1, -0.05) is 5.16 Å². The molecule has 0 spiro atoms. The molecule has 5 nitrogen and oxygen atoms in total. The number of hydrogen-bond donors (Lipinski definition) is 1. The number of hydrogen-bond acceptors (Lipinski definition) is 4. The van der Waals surface area contributed by atoms with E-state index in [0.717, 1.165) is 6.07 Å². The molecule has 0 saturated carbocycles. The fraction of sp³-hybridized carbons (Fsp3) is 0.231. The molecule has 2 rings (SSSR count). The van der Waals surface area contributed by atoms with Crippen molar-refractivity contribution in [3.63, 3.8) is 0 Å². The Hall–Kier alpha value is -2.51. The van der Waals surface area contributed by atoms with Gasteiger partial charge in [0.15, 0.2) is 0 Å². The van der Waals surface area contributed by atoms with Crippen molar-refractivity contribution in [3.05, 3.63) is 35.1 Å². The number of primary amides is 1. The van der Waals surface area contributed by atoms with Crippen molar-refractivity contribution in [2.24, 2.45) is 5.73 Å². The summed E-state index contributed by atoms with van der Waals surface area (Å²) in [4.78, 5) is 11.3. The lowest BCUT2D eigenvalue weighted by molar-refractivity contribution is -0.155. The molecule has 0 saturated heterocycles. The summed E-state index contributed by atoms with van der Waals surface area (Å²) in [5.74, 6) is -1.65. The first-order valence-corrected chi connectivity index (χ1v) is 5.77. The van der Waals surface area contributed by atoms with Crippen molar-refractivity contribution in [3.8, 4) is 17.0 Å². The molecule has 0 atom stereocenters. The van der Waals surface area contributed by atoms with Gasteiger partial charge in [0.1, 0.15) is 11.4 Å². The summed E-state index contributed by atoms with van der Waals surface area (Å²) < 4.78 is 47.0. The number of aromatic nitrogens is 1. The second kappa shape index (κ2) is 5.12. The third-order valence-electron chi connectivity index (χ3n) is 2.94.